The van der Waals surface area contributed by atoms with Gasteiger partial charge < -0.3 is 39.9 Å². The molecule has 1 rings (SSSR count). The largest absolute Gasteiger partial charge is 0.472 e. The Morgan fingerprint density at radius 2 is 0.836 bits per heavy atom. The van der Waals surface area contributed by atoms with Gasteiger partial charge in [0.2, 0.25) is 0 Å². The molecular weight excluding hydrogens is 876 g/mol. The number of carbonyl (C=O) groups is 2. The maximum atomic E-state index is 12.8. The first kappa shape index (κ1) is 62.3. The second-order valence-electron chi connectivity index (χ2n) is 17.7. The normalized spacial score (nSPS) is 21.7. The van der Waals surface area contributed by atoms with Crippen LogP contribution >= 0.6 is 7.82 Å². The summed E-state index contributed by atoms with van der Waals surface area (Å²) < 4.78 is 33.5. The fourth-order valence-corrected chi connectivity index (χ4v) is 8.35. The molecule has 14 heteroatoms. The molecule has 13 nitrogen and oxygen atoms in total. The first-order chi connectivity index (χ1) is 32.4. The summed E-state index contributed by atoms with van der Waals surface area (Å²) in [6, 6.07) is 0. The van der Waals surface area contributed by atoms with E-state index in [2.05, 4.69) is 68.5 Å². The molecule has 1 aliphatic rings. The summed E-state index contributed by atoms with van der Waals surface area (Å²) in [5.74, 6) is -1.20. The number of ether oxygens (including phenoxy) is 2. The number of hydrogen-bond donors (Lipinski definition) is 6. The maximum absolute atomic E-state index is 12.8. The second kappa shape index (κ2) is 42.2. The van der Waals surface area contributed by atoms with Gasteiger partial charge in [-0.2, -0.15) is 0 Å². The van der Waals surface area contributed by atoms with Gasteiger partial charge in [-0.15, -0.1) is 0 Å². The Morgan fingerprint density at radius 1 is 0.463 bits per heavy atom. The van der Waals surface area contributed by atoms with Gasteiger partial charge in [0, 0.05) is 12.8 Å². The van der Waals surface area contributed by atoms with Crippen LogP contribution in [0.5, 0.6) is 0 Å². The van der Waals surface area contributed by atoms with Crippen LogP contribution in [-0.4, -0.2) is 98.3 Å². The van der Waals surface area contributed by atoms with Crippen molar-refractivity contribution in [3.8, 4) is 0 Å². The molecule has 1 fully saturated rings. The average molecular weight is 967 g/mol. The zero-order valence-corrected chi connectivity index (χ0v) is 42.1. The van der Waals surface area contributed by atoms with Crippen LogP contribution in [0.25, 0.3) is 0 Å². The zero-order chi connectivity index (χ0) is 49.2. The smallest absolute Gasteiger partial charge is 0.462 e. The standard InChI is InChI=1S/C53H91O13P/c1-3-5-7-9-11-13-15-17-19-21-23-25-27-29-31-33-35-37-39-41-46(54)63-43-45(44-64-67(61,62)66-53-51(59)49(57)48(56)50(58)52(53)60)65-47(55)42-40-38-36-34-32-30-28-26-24-22-20-18-16-14-12-10-8-6-4-2/h11,13,17-20,23,25,29,31,35,37,45,48-53,56-60H,3-10,12,14-16,21-22,24,26-28,30,32-34,36,38-44H2,1-2H3,(H,61,62)/b13-11+,19-17+,20-18+,25-23+,31-29+,37-35+/t45-,48?,49-,50?,51?,52?,53?/m0/s1. The lowest BCUT2D eigenvalue weighted by Crippen LogP contribution is -2.64. The molecule has 1 aliphatic carbocycles. The van der Waals surface area contributed by atoms with Crippen LogP contribution < -0.4 is 0 Å². The SMILES string of the molecule is CCCCC/C=C/C/C=C/C/C=C/C/C=C/C/C=C/CCC(=O)OC[C@@H](COP(=O)(O)OC1C(O)C(O)C(O)[C@H](O)C1O)OC(=O)CCCCCCCCCCC/C=C/CCCCCCCC. The van der Waals surface area contributed by atoms with Crippen molar-refractivity contribution in [2.75, 3.05) is 13.2 Å². The van der Waals surface area contributed by atoms with E-state index in [4.69, 9.17) is 18.5 Å². The summed E-state index contributed by atoms with van der Waals surface area (Å²) in [7, 11) is -5.14. The highest BCUT2D eigenvalue weighted by Crippen LogP contribution is 2.47. The predicted molar refractivity (Wildman–Crippen MR) is 267 cm³/mol. The fraction of sp³-hybridized carbons (Fsp3) is 0.736. The molecule has 0 aliphatic heterocycles. The van der Waals surface area contributed by atoms with Gasteiger partial charge in [0.05, 0.1) is 6.61 Å². The van der Waals surface area contributed by atoms with Crippen LogP contribution in [0, 0.1) is 0 Å². The molecule has 67 heavy (non-hydrogen) atoms. The van der Waals surface area contributed by atoms with Gasteiger partial charge in [-0.25, -0.2) is 4.57 Å². The van der Waals surface area contributed by atoms with Crippen LogP contribution in [0.3, 0.4) is 0 Å². The van der Waals surface area contributed by atoms with Crippen molar-refractivity contribution in [3.63, 3.8) is 0 Å². The van der Waals surface area contributed by atoms with Crippen molar-refractivity contribution in [1.82, 2.24) is 0 Å². The minimum Gasteiger partial charge on any atom is -0.462 e. The lowest BCUT2D eigenvalue weighted by molar-refractivity contribution is -0.220. The number of hydrogen-bond acceptors (Lipinski definition) is 12. The number of phosphoric acid groups is 1. The molecule has 0 heterocycles. The summed E-state index contributed by atoms with van der Waals surface area (Å²) in [5, 5.41) is 50.3. The Hall–Kier alpha value is -2.71. The first-order valence-corrected chi connectivity index (χ1v) is 27.2. The van der Waals surface area contributed by atoms with E-state index < -0.39 is 75.7 Å². The molecule has 0 radical (unpaired) electrons. The van der Waals surface area contributed by atoms with Crippen molar-refractivity contribution in [2.45, 2.75) is 236 Å². The van der Waals surface area contributed by atoms with Crippen molar-refractivity contribution in [3.05, 3.63) is 72.9 Å². The zero-order valence-electron chi connectivity index (χ0n) is 41.2. The molecule has 0 bridgehead atoms. The van der Waals surface area contributed by atoms with Crippen LogP contribution in [0.4, 0.5) is 0 Å². The van der Waals surface area contributed by atoms with Gasteiger partial charge in [0.15, 0.2) is 6.10 Å². The van der Waals surface area contributed by atoms with Crippen LogP contribution in [0.15, 0.2) is 72.9 Å². The summed E-state index contributed by atoms with van der Waals surface area (Å²) >= 11 is 0. The quantitative estimate of drug-likeness (QED) is 0.0146. The average Bonchev–Trinajstić information content (AvgIpc) is 3.31. The molecule has 0 aromatic heterocycles. The van der Waals surface area contributed by atoms with E-state index >= 15 is 0 Å². The molecule has 8 atom stereocenters. The van der Waals surface area contributed by atoms with E-state index in [-0.39, 0.29) is 12.8 Å². The van der Waals surface area contributed by atoms with E-state index in [9.17, 15) is 44.6 Å². The molecule has 0 amide bonds. The van der Waals surface area contributed by atoms with Gasteiger partial charge in [-0.05, 0) is 77.0 Å². The topological polar surface area (TPSA) is 210 Å². The van der Waals surface area contributed by atoms with E-state index in [1.807, 2.05) is 18.2 Å². The van der Waals surface area contributed by atoms with E-state index in [0.717, 1.165) is 57.8 Å². The van der Waals surface area contributed by atoms with Gasteiger partial charge in [-0.1, -0.05) is 177 Å². The summed E-state index contributed by atoms with van der Waals surface area (Å²) in [6.45, 7) is 3.22. The van der Waals surface area contributed by atoms with Crippen LogP contribution in [0.1, 0.15) is 194 Å². The number of aliphatic hydroxyl groups excluding tert-OH is 5. The fourth-order valence-electron chi connectivity index (χ4n) is 7.38. The third-order valence-corrected chi connectivity index (χ3v) is 12.5. The van der Waals surface area contributed by atoms with E-state index in [1.165, 1.54) is 89.9 Å². The highest BCUT2D eigenvalue weighted by atomic mass is 31.2. The number of rotatable bonds is 42. The molecular formula is C53H91O13P. The van der Waals surface area contributed by atoms with Crippen molar-refractivity contribution < 1.29 is 63.1 Å². The molecule has 0 spiro atoms. The summed E-state index contributed by atoms with van der Waals surface area (Å²) in [4.78, 5) is 35.8. The minimum atomic E-state index is -5.14. The number of allylic oxidation sites excluding steroid dienone is 12. The molecule has 6 N–H and O–H groups in total. The summed E-state index contributed by atoms with van der Waals surface area (Å²) in [6.07, 6.45) is 41.0. The number of unbranched alkanes of at least 4 members (excludes halogenated alkanes) is 18. The Labute approximate surface area is 404 Å². The molecule has 1 saturated carbocycles. The molecule has 386 valence electrons. The van der Waals surface area contributed by atoms with E-state index in [1.54, 1.807) is 0 Å². The van der Waals surface area contributed by atoms with Crippen molar-refractivity contribution in [2.24, 2.45) is 0 Å². The van der Waals surface area contributed by atoms with Crippen molar-refractivity contribution in [1.29, 1.82) is 0 Å². The van der Waals surface area contributed by atoms with Gasteiger partial charge in [0.1, 0.15) is 43.2 Å². The van der Waals surface area contributed by atoms with Crippen LogP contribution in [0.2, 0.25) is 0 Å². The number of phosphoric ester groups is 1. The highest BCUT2D eigenvalue weighted by Gasteiger charge is 2.51. The molecule has 6 unspecified atom stereocenters. The lowest BCUT2D eigenvalue weighted by Gasteiger charge is -2.41. The number of carbonyl (C=O) groups excluding carboxylic acids is 2. The minimum absolute atomic E-state index is 0.0406. The first-order valence-electron chi connectivity index (χ1n) is 25.7. The molecule has 0 saturated heterocycles. The Bertz CT molecular complexity index is 1440. The van der Waals surface area contributed by atoms with Crippen molar-refractivity contribution >= 4 is 19.8 Å². The third kappa shape index (κ3) is 34.3. The Morgan fingerprint density at radius 3 is 1.33 bits per heavy atom. The lowest BCUT2D eigenvalue weighted by atomic mass is 9.85. The predicted octanol–water partition coefficient (Wildman–Crippen LogP) is 11.1. The highest BCUT2D eigenvalue weighted by molar-refractivity contribution is 7.47. The monoisotopic (exact) mass is 967 g/mol. The Kier molecular flexibility index (Phi) is 39.2. The number of aliphatic hydroxyl groups is 5. The summed E-state index contributed by atoms with van der Waals surface area (Å²) in [5.41, 5.74) is 0. The maximum Gasteiger partial charge on any atom is 0.472 e. The van der Waals surface area contributed by atoms with Gasteiger partial charge in [-0.3, -0.25) is 18.6 Å². The van der Waals surface area contributed by atoms with E-state index in [0.29, 0.717) is 19.3 Å². The molecule has 0 aromatic rings. The van der Waals surface area contributed by atoms with Crippen LogP contribution in [-0.2, 0) is 32.7 Å². The Balaban J connectivity index is 2.46. The second-order valence-corrected chi connectivity index (χ2v) is 19.1. The number of esters is 2. The van der Waals surface area contributed by atoms with Gasteiger partial charge in [0.25, 0.3) is 0 Å². The molecule has 0 aromatic carbocycles. The third-order valence-electron chi connectivity index (χ3n) is 11.5. The van der Waals surface area contributed by atoms with Gasteiger partial charge >= 0.3 is 19.8 Å².